The van der Waals surface area contributed by atoms with E-state index in [9.17, 15) is 32.7 Å². The molecule has 4 aliphatic heterocycles. The van der Waals surface area contributed by atoms with Crippen LogP contribution >= 0.6 is 0 Å². The number of imide groups is 1. The second kappa shape index (κ2) is 14.3. The molecule has 9 nitrogen and oxygen atoms in total. The number of aromatic hydroxyl groups is 1. The third kappa shape index (κ3) is 7.47. The van der Waals surface area contributed by atoms with Crippen LogP contribution in [0.3, 0.4) is 0 Å². The van der Waals surface area contributed by atoms with Crippen molar-refractivity contribution in [3.8, 4) is 5.75 Å². The maximum absolute atomic E-state index is 13.6. The number of alkyl halides is 3. The summed E-state index contributed by atoms with van der Waals surface area (Å²) in [5, 5.41) is 12.4. The van der Waals surface area contributed by atoms with E-state index in [1.165, 1.54) is 0 Å². The number of hydrogen-bond acceptors (Lipinski definition) is 7. The number of phenolic OH excluding ortho intramolecular Hbond substituents is 1. The van der Waals surface area contributed by atoms with E-state index in [0.717, 1.165) is 92.3 Å². The minimum Gasteiger partial charge on any atom is -0.508 e. The summed E-state index contributed by atoms with van der Waals surface area (Å²) in [5.41, 5.74) is 6.46. The number of aryl methyl sites for hydroxylation is 1. The predicted octanol–water partition coefficient (Wildman–Crippen LogP) is 5.84. The molecule has 0 spiro atoms. The molecule has 8 rings (SSSR count). The molecule has 3 aromatic rings. The first-order valence-electron chi connectivity index (χ1n) is 19.0. The summed E-state index contributed by atoms with van der Waals surface area (Å²) in [6.07, 6.45) is -1.31. The lowest BCUT2D eigenvalue weighted by atomic mass is 9.70. The van der Waals surface area contributed by atoms with Gasteiger partial charge >= 0.3 is 6.18 Å². The van der Waals surface area contributed by atoms with Gasteiger partial charge in [0.15, 0.2) is 0 Å². The number of piperazine rings is 1. The Morgan fingerprint density at radius 2 is 1.47 bits per heavy atom. The van der Waals surface area contributed by atoms with Crippen molar-refractivity contribution in [2.45, 2.75) is 69.6 Å². The number of carbonyl (C=O) groups excluding carboxylic acids is 3. The normalized spacial score (nSPS) is 24.3. The second-order valence-electron chi connectivity index (χ2n) is 15.5. The molecule has 0 bridgehead atoms. The molecule has 280 valence electrons. The molecule has 12 heteroatoms. The third-order valence-corrected chi connectivity index (χ3v) is 12.2. The lowest BCUT2D eigenvalue weighted by Gasteiger charge is -2.40. The molecule has 0 radical (unpaired) electrons. The highest BCUT2D eigenvalue weighted by Crippen LogP contribution is 2.46. The smallest absolute Gasteiger partial charge is 0.389 e. The largest absolute Gasteiger partial charge is 0.508 e. The maximum Gasteiger partial charge on any atom is 0.389 e. The van der Waals surface area contributed by atoms with Crippen LogP contribution in [-0.2, 0) is 22.6 Å². The molecule has 0 saturated carbocycles. The van der Waals surface area contributed by atoms with Gasteiger partial charge in [-0.25, -0.2) is 0 Å². The SMILES string of the molecule is O=C1CC[C@H](N2Cc3cc(N4CCN(CC5CCN(c6ccc([C@@H]7c8ccc(O)cc8CC[C@@H]7CC(F)(F)F)cc6)CC5)CC4)ccc3C2=O)C(=O)N1. The Labute approximate surface area is 307 Å². The Bertz CT molecular complexity index is 1870. The Morgan fingerprint density at radius 3 is 2.19 bits per heavy atom. The molecule has 2 N–H and O–H groups in total. The molecule has 3 fully saturated rings. The van der Waals surface area contributed by atoms with E-state index in [1.54, 1.807) is 23.1 Å². The molecule has 4 heterocycles. The number of hydrogen-bond donors (Lipinski definition) is 2. The van der Waals surface area contributed by atoms with Gasteiger partial charge in [0.1, 0.15) is 11.8 Å². The minimum absolute atomic E-state index is 0.148. The zero-order chi connectivity index (χ0) is 36.9. The number of nitrogens with zero attached hydrogens (tertiary/aromatic N) is 4. The van der Waals surface area contributed by atoms with Crippen LogP contribution in [-0.4, -0.2) is 90.7 Å². The molecule has 1 aliphatic carbocycles. The number of amides is 3. The lowest BCUT2D eigenvalue weighted by molar-refractivity contribution is -0.146. The van der Waals surface area contributed by atoms with Gasteiger partial charge in [0.05, 0.1) is 0 Å². The van der Waals surface area contributed by atoms with Crippen molar-refractivity contribution in [2.75, 3.05) is 55.6 Å². The molecular formula is C41H46F3N5O4. The third-order valence-electron chi connectivity index (χ3n) is 12.2. The van der Waals surface area contributed by atoms with Crippen molar-refractivity contribution in [1.29, 1.82) is 0 Å². The van der Waals surface area contributed by atoms with E-state index in [0.29, 0.717) is 37.3 Å². The van der Waals surface area contributed by atoms with Crippen LogP contribution in [0.5, 0.6) is 5.75 Å². The van der Waals surface area contributed by atoms with Gasteiger partial charge < -0.3 is 19.8 Å². The quantitative estimate of drug-likeness (QED) is 0.296. The molecule has 3 saturated heterocycles. The van der Waals surface area contributed by atoms with Gasteiger partial charge in [-0.2, -0.15) is 13.2 Å². The van der Waals surface area contributed by atoms with Gasteiger partial charge in [-0.15, -0.1) is 0 Å². The Kier molecular flexibility index (Phi) is 9.59. The number of fused-ring (bicyclic) bond motifs is 2. The number of nitrogens with one attached hydrogen (secondary N) is 1. The first kappa shape index (κ1) is 35.4. The van der Waals surface area contributed by atoms with Crippen molar-refractivity contribution in [2.24, 2.45) is 11.8 Å². The Morgan fingerprint density at radius 1 is 0.755 bits per heavy atom. The summed E-state index contributed by atoms with van der Waals surface area (Å²) >= 11 is 0. The zero-order valence-electron chi connectivity index (χ0n) is 29.8. The van der Waals surface area contributed by atoms with Gasteiger partial charge in [-0.05, 0) is 109 Å². The van der Waals surface area contributed by atoms with E-state index in [4.69, 9.17) is 0 Å². The maximum atomic E-state index is 13.6. The number of piperidine rings is 2. The van der Waals surface area contributed by atoms with Crippen molar-refractivity contribution in [3.05, 3.63) is 88.5 Å². The Balaban J connectivity index is 0.830. The fraction of sp³-hybridized carbons (Fsp3) is 0.488. The van der Waals surface area contributed by atoms with Crippen LogP contribution in [0, 0.1) is 11.8 Å². The minimum atomic E-state index is -4.23. The van der Waals surface area contributed by atoms with Gasteiger partial charge in [-0.1, -0.05) is 18.2 Å². The summed E-state index contributed by atoms with van der Waals surface area (Å²) < 4.78 is 40.8. The van der Waals surface area contributed by atoms with E-state index in [1.807, 2.05) is 24.3 Å². The van der Waals surface area contributed by atoms with Crippen molar-refractivity contribution in [1.82, 2.24) is 15.1 Å². The number of anilines is 2. The predicted molar refractivity (Wildman–Crippen MR) is 195 cm³/mol. The summed E-state index contributed by atoms with van der Waals surface area (Å²) in [6, 6.07) is 18.6. The fourth-order valence-corrected chi connectivity index (χ4v) is 9.42. The van der Waals surface area contributed by atoms with E-state index in [2.05, 4.69) is 38.2 Å². The lowest BCUT2D eigenvalue weighted by Crippen LogP contribution is -2.52. The highest BCUT2D eigenvalue weighted by Gasteiger charge is 2.41. The van der Waals surface area contributed by atoms with Gasteiger partial charge in [0.2, 0.25) is 11.8 Å². The van der Waals surface area contributed by atoms with Crippen LogP contribution in [0.1, 0.15) is 77.1 Å². The average molecular weight is 730 g/mol. The van der Waals surface area contributed by atoms with Crippen LogP contribution < -0.4 is 15.1 Å². The van der Waals surface area contributed by atoms with Crippen LogP contribution in [0.2, 0.25) is 0 Å². The molecule has 0 aromatic heterocycles. The van der Waals surface area contributed by atoms with E-state index >= 15 is 0 Å². The molecule has 3 amide bonds. The molecule has 3 aromatic carbocycles. The van der Waals surface area contributed by atoms with Crippen molar-refractivity contribution in [3.63, 3.8) is 0 Å². The van der Waals surface area contributed by atoms with Gasteiger partial charge in [0, 0.05) is 88.1 Å². The molecule has 0 unspecified atom stereocenters. The Hall–Kier alpha value is -4.58. The van der Waals surface area contributed by atoms with Gasteiger partial charge in [-0.3, -0.25) is 24.6 Å². The molecule has 5 aliphatic rings. The summed E-state index contributed by atoms with van der Waals surface area (Å²) in [6.45, 7) is 7.01. The van der Waals surface area contributed by atoms with Crippen LogP contribution in [0.15, 0.2) is 60.7 Å². The number of halogens is 3. The first-order valence-corrected chi connectivity index (χ1v) is 19.0. The monoisotopic (exact) mass is 729 g/mol. The van der Waals surface area contributed by atoms with Crippen molar-refractivity contribution < 1.29 is 32.7 Å². The van der Waals surface area contributed by atoms with Crippen LogP contribution in [0.25, 0.3) is 0 Å². The van der Waals surface area contributed by atoms with E-state index in [-0.39, 0.29) is 29.9 Å². The average Bonchev–Trinajstić information content (AvgIpc) is 3.46. The van der Waals surface area contributed by atoms with Crippen molar-refractivity contribution >= 4 is 29.1 Å². The molecule has 53 heavy (non-hydrogen) atoms. The first-order chi connectivity index (χ1) is 25.5. The highest BCUT2D eigenvalue weighted by molar-refractivity contribution is 6.05. The zero-order valence-corrected chi connectivity index (χ0v) is 29.8. The molecule has 3 atom stereocenters. The fourth-order valence-electron chi connectivity index (χ4n) is 9.42. The summed E-state index contributed by atoms with van der Waals surface area (Å²) in [4.78, 5) is 46.0. The number of carbonyl (C=O) groups is 3. The van der Waals surface area contributed by atoms with Gasteiger partial charge in [0.25, 0.3) is 5.91 Å². The standard InChI is InChI=1S/C41H46F3N5O4/c42-41(43,44)23-29-2-1-28-22-33(50)8-10-34(28)38(29)27-3-5-31(6-4-27)47-15-13-26(14-16-47)24-46-17-19-48(20-18-46)32-7-9-35-30(21-32)25-49(40(35)53)36-11-12-37(51)45-39(36)52/h3-10,21-22,26,29,36,38,50H,1-2,11-20,23-25H2,(H,45,51,52)/t29-,36+,38+/m1/s1. The van der Waals surface area contributed by atoms with Crippen LogP contribution in [0.4, 0.5) is 24.5 Å². The topological polar surface area (TPSA) is 96.4 Å². The molecular weight excluding hydrogens is 683 g/mol. The second-order valence-corrected chi connectivity index (χ2v) is 15.5. The summed E-state index contributed by atoms with van der Waals surface area (Å²) in [5.74, 6) is -0.986. The number of rotatable bonds is 7. The highest BCUT2D eigenvalue weighted by atomic mass is 19.4. The number of phenols is 1. The number of benzene rings is 3. The summed E-state index contributed by atoms with van der Waals surface area (Å²) in [7, 11) is 0. The van der Waals surface area contributed by atoms with E-state index < -0.39 is 30.5 Å².